The molecular weight excluding hydrogens is 286 g/mol. The monoisotopic (exact) mass is 309 g/mol. The van der Waals surface area contributed by atoms with Crippen LogP contribution in [-0.4, -0.2) is 12.9 Å². The van der Waals surface area contributed by atoms with Gasteiger partial charge in [0.25, 0.3) is 0 Å². The summed E-state index contributed by atoms with van der Waals surface area (Å²) in [7, 11) is 1.67. The Hall–Kier alpha value is -2.29. The fourth-order valence-corrected chi connectivity index (χ4v) is 3.37. The van der Waals surface area contributed by atoms with Crippen LogP contribution in [-0.2, 0) is 4.79 Å². The maximum atomic E-state index is 12.5. The lowest BCUT2D eigenvalue weighted by Gasteiger charge is -2.31. The second kappa shape index (κ2) is 7.32. The Labute approximate surface area is 137 Å². The third-order valence-corrected chi connectivity index (χ3v) is 4.58. The Kier molecular flexibility index (Phi) is 4.96. The highest BCUT2D eigenvalue weighted by Gasteiger charge is 2.31. The molecule has 3 rings (SSSR count). The van der Waals surface area contributed by atoms with E-state index in [1.54, 1.807) is 7.11 Å². The van der Waals surface area contributed by atoms with Crippen LogP contribution in [0.4, 0.5) is 5.69 Å². The zero-order chi connectivity index (χ0) is 16.1. The number of ether oxygens (including phenoxy) is 1. The van der Waals surface area contributed by atoms with E-state index in [0.29, 0.717) is 12.2 Å². The molecular formula is C20H23NO2. The first-order chi connectivity index (χ1) is 11.3. The van der Waals surface area contributed by atoms with Gasteiger partial charge in [0, 0.05) is 12.3 Å². The zero-order valence-electron chi connectivity index (χ0n) is 13.5. The highest BCUT2D eigenvalue weighted by Crippen LogP contribution is 2.36. The summed E-state index contributed by atoms with van der Waals surface area (Å²) in [4.78, 5) is 12.5. The molecule has 23 heavy (non-hydrogen) atoms. The van der Waals surface area contributed by atoms with Gasteiger partial charge in [0.05, 0.1) is 18.8 Å². The molecule has 3 heteroatoms. The normalized spacial score (nSPS) is 19.2. The van der Waals surface area contributed by atoms with Crippen LogP contribution in [0.3, 0.4) is 0 Å². The summed E-state index contributed by atoms with van der Waals surface area (Å²) < 4.78 is 5.45. The molecule has 2 aromatic carbocycles. The predicted octanol–water partition coefficient (Wildman–Crippen LogP) is 4.61. The largest absolute Gasteiger partial charge is 0.495 e. The van der Waals surface area contributed by atoms with E-state index in [1.807, 2.05) is 42.5 Å². The second-order valence-electron chi connectivity index (χ2n) is 6.05. The van der Waals surface area contributed by atoms with Gasteiger partial charge in [-0.05, 0) is 30.5 Å². The van der Waals surface area contributed by atoms with Crippen LogP contribution in [0.25, 0.3) is 0 Å². The second-order valence-corrected chi connectivity index (χ2v) is 6.05. The van der Waals surface area contributed by atoms with Gasteiger partial charge in [-0.15, -0.1) is 0 Å². The minimum Gasteiger partial charge on any atom is -0.495 e. The average Bonchev–Trinajstić information content (AvgIpc) is 2.61. The molecule has 0 amide bonds. The highest BCUT2D eigenvalue weighted by molar-refractivity contribution is 5.83. The maximum Gasteiger partial charge on any atom is 0.141 e. The first-order valence-corrected chi connectivity index (χ1v) is 8.27. The SMILES string of the molecule is COc1ccccc1N[C@H](c1ccccc1)[C@H]1CCCCC1=O. The zero-order valence-corrected chi connectivity index (χ0v) is 13.5. The number of ketones is 1. The van der Waals surface area contributed by atoms with E-state index in [1.165, 1.54) is 0 Å². The number of carbonyl (C=O) groups excluding carboxylic acids is 1. The summed E-state index contributed by atoms with van der Waals surface area (Å²) >= 11 is 0. The molecule has 1 N–H and O–H groups in total. The molecule has 120 valence electrons. The van der Waals surface area contributed by atoms with E-state index in [9.17, 15) is 4.79 Å². The Morgan fingerprint density at radius 1 is 1.04 bits per heavy atom. The lowest BCUT2D eigenvalue weighted by molar-refractivity contribution is -0.125. The van der Waals surface area contributed by atoms with Gasteiger partial charge in [0.1, 0.15) is 11.5 Å². The van der Waals surface area contributed by atoms with Crippen molar-refractivity contribution in [2.75, 3.05) is 12.4 Å². The smallest absolute Gasteiger partial charge is 0.141 e. The number of Topliss-reactive ketones (excluding diaryl/α,β-unsaturated/α-hetero) is 1. The summed E-state index contributed by atoms with van der Waals surface area (Å²) in [6, 6.07) is 18.1. The molecule has 0 saturated heterocycles. The number of hydrogen-bond acceptors (Lipinski definition) is 3. The molecule has 2 atom stereocenters. The fraction of sp³-hybridized carbons (Fsp3) is 0.350. The van der Waals surface area contributed by atoms with E-state index in [2.05, 4.69) is 17.4 Å². The molecule has 1 fully saturated rings. The molecule has 0 unspecified atom stereocenters. The van der Waals surface area contributed by atoms with Crippen LogP contribution in [0.1, 0.15) is 37.3 Å². The van der Waals surface area contributed by atoms with Crippen molar-refractivity contribution in [2.45, 2.75) is 31.7 Å². The van der Waals surface area contributed by atoms with Crippen LogP contribution in [0.5, 0.6) is 5.75 Å². The molecule has 1 aliphatic rings. The minimum atomic E-state index is -0.0136. The van der Waals surface area contributed by atoms with Crippen molar-refractivity contribution in [2.24, 2.45) is 5.92 Å². The van der Waals surface area contributed by atoms with Crippen molar-refractivity contribution in [3.8, 4) is 5.75 Å². The Bertz CT molecular complexity index is 654. The number of methoxy groups -OCH3 is 1. The molecule has 0 spiro atoms. The van der Waals surface area contributed by atoms with Gasteiger partial charge in [0.2, 0.25) is 0 Å². The van der Waals surface area contributed by atoms with E-state index in [-0.39, 0.29) is 12.0 Å². The van der Waals surface area contributed by atoms with Crippen molar-refractivity contribution < 1.29 is 9.53 Å². The molecule has 3 nitrogen and oxygen atoms in total. The molecule has 2 aromatic rings. The number of hydrogen-bond donors (Lipinski definition) is 1. The van der Waals surface area contributed by atoms with E-state index >= 15 is 0 Å². The number of benzene rings is 2. The molecule has 0 aromatic heterocycles. The van der Waals surface area contributed by atoms with Gasteiger partial charge in [-0.3, -0.25) is 4.79 Å². The Balaban J connectivity index is 1.93. The van der Waals surface area contributed by atoms with Crippen LogP contribution in [0.15, 0.2) is 54.6 Å². The van der Waals surface area contributed by atoms with Gasteiger partial charge in [-0.1, -0.05) is 48.9 Å². The Morgan fingerprint density at radius 2 is 1.78 bits per heavy atom. The summed E-state index contributed by atoms with van der Waals surface area (Å²) in [6.07, 6.45) is 3.78. The average molecular weight is 309 g/mol. The van der Waals surface area contributed by atoms with Gasteiger partial charge in [0.15, 0.2) is 0 Å². The van der Waals surface area contributed by atoms with Crippen molar-refractivity contribution >= 4 is 11.5 Å². The topological polar surface area (TPSA) is 38.3 Å². The molecule has 0 radical (unpaired) electrons. The summed E-state index contributed by atoms with van der Waals surface area (Å²) in [5.74, 6) is 1.19. The first kappa shape index (κ1) is 15.6. The van der Waals surface area contributed by atoms with Gasteiger partial charge >= 0.3 is 0 Å². The van der Waals surface area contributed by atoms with E-state index in [4.69, 9.17) is 4.74 Å². The van der Waals surface area contributed by atoms with E-state index in [0.717, 1.165) is 36.3 Å². The minimum absolute atomic E-state index is 0.0136. The third-order valence-electron chi connectivity index (χ3n) is 4.58. The van der Waals surface area contributed by atoms with Crippen LogP contribution in [0.2, 0.25) is 0 Å². The number of anilines is 1. The van der Waals surface area contributed by atoms with E-state index < -0.39 is 0 Å². The lowest BCUT2D eigenvalue weighted by Crippen LogP contribution is -2.30. The summed E-state index contributed by atoms with van der Waals surface area (Å²) in [5, 5.41) is 3.57. The molecule has 0 heterocycles. The summed E-state index contributed by atoms with van der Waals surface area (Å²) in [5.41, 5.74) is 2.08. The molecule has 1 aliphatic carbocycles. The van der Waals surface area contributed by atoms with Crippen molar-refractivity contribution in [1.29, 1.82) is 0 Å². The molecule has 1 saturated carbocycles. The van der Waals surface area contributed by atoms with Gasteiger partial charge in [-0.2, -0.15) is 0 Å². The van der Waals surface area contributed by atoms with Gasteiger partial charge in [-0.25, -0.2) is 0 Å². The molecule has 0 aliphatic heterocycles. The molecule has 0 bridgehead atoms. The third kappa shape index (κ3) is 3.55. The maximum absolute atomic E-state index is 12.5. The number of nitrogens with one attached hydrogen (secondary N) is 1. The number of rotatable bonds is 5. The highest BCUT2D eigenvalue weighted by atomic mass is 16.5. The van der Waals surface area contributed by atoms with Crippen molar-refractivity contribution in [3.05, 3.63) is 60.2 Å². The van der Waals surface area contributed by atoms with Crippen LogP contribution in [0, 0.1) is 5.92 Å². The van der Waals surface area contributed by atoms with Crippen LogP contribution >= 0.6 is 0 Å². The van der Waals surface area contributed by atoms with Crippen molar-refractivity contribution in [3.63, 3.8) is 0 Å². The summed E-state index contributed by atoms with van der Waals surface area (Å²) in [6.45, 7) is 0. The fourth-order valence-electron chi connectivity index (χ4n) is 3.37. The predicted molar refractivity (Wildman–Crippen MR) is 92.8 cm³/mol. The van der Waals surface area contributed by atoms with Crippen molar-refractivity contribution in [1.82, 2.24) is 0 Å². The van der Waals surface area contributed by atoms with Crippen LogP contribution < -0.4 is 10.1 Å². The quantitative estimate of drug-likeness (QED) is 0.876. The first-order valence-electron chi connectivity index (χ1n) is 8.27. The Morgan fingerprint density at radius 3 is 2.52 bits per heavy atom. The number of carbonyl (C=O) groups is 1. The lowest BCUT2D eigenvalue weighted by atomic mass is 9.80. The number of para-hydroxylation sites is 2. The van der Waals surface area contributed by atoms with Gasteiger partial charge < -0.3 is 10.1 Å². The standard InChI is InChI=1S/C20H23NO2/c1-23-19-14-8-6-12-17(19)21-20(15-9-3-2-4-10-15)16-11-5-7-13-18(16)22/h2-4,6,8-10,12,14,16,20-21H,5,7,11,13H2,1H3/t16-,20+/m0/s1.